The zero-order valence-electron chi connectivity index (χ0n) is 16.6. The van der Waals surface area contributed by atoms with Crippen molar-refractivity contribution < 1.29 is 4.74 Å². The Kier molecular flexibility index (Phi) is 7.42. The molecule has 7 nitrogen and oxygen atoms in total. The number of nitrogens with zero attached hydrogens (tertiary/aromatic N) is 4. The van der Waals surface area contributed by atoms with E-state index < -0.39 is 0 Å². The van der Waals surface area contributed by atoms with Crippen LogP contribution >= 0.6 is 11.6 Å². The van der Waals surface area contributed by atoms with Gasteiger partial charge in [0.05, 0.1) is 12.8 Å². The van der Waals surface area contributed by atoms with Gasteiger partial charge in [-0.2, -0.15) is 5.10 Å². The predicted octanol–water partition coefficient (Wildman–Crippen LogP) is 2.77. The van der Waals surface area contributed by atoms with Crippen molar-refractivity contribution >= 4 is 23.2 Å². The third-order valence-electron chi connectivity index (χ3n) is 4.73. The quantitative estimate of drug-likeness (QED) is 0.402. The molecule has 0 saturated carbocycles. The van der Waals surface area contributed by atoms with Crippen LogP contribution in [0.4, 0.5) is 5.69 Å². The highest BCUT2D eigenvalue weighted by atomic mass is 35.5. The predicted molar refractivity (Wildman–Crippen MR) is 115 cm³/mol. The van der Waals surface area contributed by atoms with E-state index in [1.54, 1.807) is 13.3 Å². The Balaban J connectivity index is 1.54. The number of nitrogens with one attached hydrogen (secondary N) is 2. The maximum Gasteiger partial charge on any atom is 0.191 e. The molecule has 1 aliphatic heterocycles. The van der Waals surface area contributed by atoms with Gasteiger partial charge in [-0.1, -0.05) is 11.6 Å². The lowest BCUT2D eigenvalue weighted by Gasteiger charge is -2.22. The second kappa shape index (κ2) is 10.2. The first kappa shape index (κ1) is 20.3. The Labute approximate surface area is 171 Å². The molecule has 2 aromatic rings. The van der Waals surface area contributed by atoms with Crippen LogP contribution in [0, 0.1) is 0 Å². The molecule has 0 bridgehead atoms. The van der Waals surface area contributed by atoms with Gasteiger partial charge < -0.3 is 20.3 Å². The van der Waals surface area contributed by atoms with E-state index in [2.05, 4.69) is 27.6 Å². The van der Waals surface area contributed by atoms with Gasteiger partial charge in [0.25, 0.3) is 0 Å². The summed E-state index contributed by atoms with van der Waals surface area (Å²) >= 11 is 6.19. The normalized spacial score (nSPS) is 17.0. The summed E-state index contributed by atoms with van der Waals surface area (Å²) in [5.41, 5.74) is 1.04. The number of aliphatic imine (C=N–C) groups is 1. The van der Waals surface area contributed by atoms with Crippen LogP contribution in [-0.4, -0.2) is 55.1 Å². The largest absolute Gasteiger partial charge is 0.495 e. The van der Waals surface area contributed by atoms with E-state index in [4.69, 9.17) is 21.3 Å². The minimum absolute atomic E-state index is 0.326. The summed E-state index contributed by atoms with van der Waals surface area (Å²) in [5, 5.41) is 11.8. The minimum atomic E-state index is 0.326. The molecule has 2 heterocycles. The lowest BCUT2D eigenvalue weighted by molar-refractivity contribution is 0.415. The number of aryl methyl sites for hydroxylation is 1. The monoisotopic (exact) mass is 404 g/mol. The molecule has 3 rings (SSSR count). The maximum absolute atomic E-state index is 6.19. The maximum atomic E-state index is 6.19. The Hall–Kier alpha value is -2.41. The highest BCUT2D eigenvalue weighted by molar-refractivity contribution is 6.30. The number of ether oxygens (including phenoxy) is 1. The van der Waals surface area contributed by atoms with Crippen molar-refractivity contribution in [2.75, 3.05) is 38.2 Å². The molecule has 1 fully saturated rings. The van der Waals surface area contributed by atoms with Crippen LogP contribution in [0.3, 0.4) is 0 Å². The molecule has 1 atom stereocenters. The molecule has 8 heteroatoms. The fourth-order valence-electron chi connectivity index (χ4n) is 3.38. The number of guanidine groups is 1. The molecule has 0 radical (unpaired) electrons. The SMILES string of the molecule is CCNC(=NCCCn1cccn1)NC1CCN(c2cc(Cl)ccc2OC)C1. The summed E-state index contributed by atoms with van der Waals surface area (Å²) in [6.45, 7) is 6.39. The number of anilines is 1. The van der Waals surface area contributed by atoms with Gasteiger partial charge in [0, 0.05) is 56.2 Å². The van der Waals surface area contributed by atoms with Gasteiger partial charge in [0.1, 0.15) is 5.75 Å². The van der Waals surface area contributed by atoms with Crippen molar-refractivity contribution in [1.82, 2.24) is 20.4 Å². The highest BCUT2D eigenvalue weighted by Crippen LogP contribution is 2.33. The van der Waals surface area contributed by atoms with E-state index in [1.807, 2.05) is 35.1 Å². The Morgan fingerprint density at radius 1 is 1.43 bits per heavy atom. The summed E-state index contributed by atoms with van der Waals surface area (Å²) in [5.74, 6) is 1.72. The zero-order chi connectivity index (χ0) is 19.8. The number of hydrogen-bond donors (Lipinski definition) is 2. The second-order valence-electron chi connectivity index (χ2n) is 6.78. The molecule has 1 aliphatic rings. The smallest absolute Gasteiger partial charge is 0.191 e. The molecule has 1 unspecified atom stereocenters. The topological polar surface area (TPSA) is 66.7 Å². The average Bonchev–Trinajstić information content (AvgIpc) is 3.37. The third-order valence-corrected chi connectivity index (χ3v) is 4.96. The Morgan fingerprint density at radius 3 is 3.07 bits per heavy atom. The average molecular weight is 405 g/mol. The van der Waals surface area contributed by atoms with E-state index in [9.17, 15) is 0 Å². The van der Waals surface area contributed by atoms with Crippen LogP contribution in [0.5, 0.6) is 5.75 Å². The molecule has 2 N–H and O–H groups in total. The first-order chi connectivity index (χ1) is 13.7. The van der Waals surface area contributed by atoms with Gasteiger partial charge in [0.2, 0.25) is 0 Å². The third kappa shape index (κ3) is 5.55. The molecular weight excluding hydrogens is 376 g/mol. The van der Waals surface area contributed by atoms with Crippen LogP contribution in [-0.2, 0) is 6.54 Å². The van der Waals surface area contributed by atoms with Crippen LogP contribution in [0.25, 0.3) is 0 Å². The van der Waals surface area contributed by atoms with Gasteiger partial charge in [-0.05, 0) is 44.0 Å². The van der Waals surface area contributed by atoms with E-state index in [-0.39, 0.29) is 0 Å². The summed E-state index contributed by atoms with van der Waals surface area (Å²) in [6, 6.07) is 8.01. The number of aromatic nitrogens is 2. The van der Waals surface area contributed by atoms with E-state index >= 15 is 0 Å². The van der Waals surface area contributed by atoms with Crippen molar-refractivity contribution in [1.29, 1.82) is 0 Å². The van der Waals surface area contributed by atoms with Crippen LogP contribution < -0.4 is 20.3 Å². The van der Waals surface area contributed by atoms with Crippen molar-refractivity contribution in [3.8, 4) is 5.75 Å². The van der Waals surface area contributed by atoms with Crippen LogP contribution in [0.2, 0.25) is 5.02 Å². The molecule has 0 spiro atoms. The molecule has 1 aromatic heterocycles. The van der Waals surface area contributed by atoms with Gasteiger partial charge >= 0.3 is 0 Å². The van der Waals surface area contributed by atoms with Gasteiger partial charge in [-0.3, -0.25) is 9.67 Å². The van der Waals surface area contributed by atoms with E-state index in [0.717, 1.165) is 68.0 Å². The number of rotatable bonds is 8. The summed E-state index contributed by atoms with van der Waals surface area (Å²) in [4.78, 5) is 7.02. The number of methoxy groups -OCH3 is 1. The van der Waals surface area contributed by atoms with Crippen LogP contribution in [0.15, 0.2) is 41.7 Å². The Bertz CT molecular complexity index is 764. The lowest BCUT2D eigenvalue weighted by atomic mass is 10.2. The summed E-state index contributed by atoms with van der Waals surface area (Å²) in [7, 11) is 1.69. The van der Waals surface area contributed by atoms with Crippen molar-refractivity contribution in [2.45, 2.75) is 32.4 Å². The molecule has 28 heavy (non-hydrogen) atoms. The fraction of sp³-hybridized carbons (Fsp3) is 0.500. The number of halogens is 1. The zero-order valence-corrected chi connectivity index (χ0v) is 17.3. The van der Waals surface area contributed by atoms with Gasteiger partial charge in [-0.25, -0.2) is 0 Å². The first-order valence-electron chi connectivity index (χ1n) is 9.80. The van der Waals surface area contributed by atoms with Crippen molar-refractivity contribution in [3.63, 3.8) is 0 Å². The molecule has 1 saturated heterocycles. The highest BCUT2D eigenvalue weighted by Gasteiger charge is 2.25. The standard InChI is InChI=1S/C20H29ClN6O/c1-3-22-20(23-9-4-11-27-12-5-10-24-27)25-17-8-13-26(15-17)18-14-16(21)6-7-19(18)28-2/h5-7,10,12,14,17H,3-4,8-9,11,13,15H2,1-2H3,(H2,22,23,25). The van der Waals surface area contributed by atoms with Crippen molar-refractivity contribution in [3.05, 3.63) is 41.7 Å². The molecule has 152 valence electrons. The van der Waals surface area contributed by atoms with E-state index in [1.165, 1.54) is 0 Å². The number of hydrogen-bond acceptors (Lipinski definition) is 4. The van der Waals surface area contributed by atoms with E-state index in [0.29, 0.717) is 6.04 Å². The second-order valence-corrected chi connectivity index (χ2v) is 7.21. The van der Waals surface area contributed by atoms with Crippen LogP contribution in [0.1, 0.15) is 19.8 Å². The fourth-order valence-corrected chi connectivity index (χ4v) is 3.54. The Morgan fingerprint density at radius 2 is 2.32 bits per heavy atom. The summed E-state index contributed by atoms with van der Waals surface area (Å²) < 4.78 is 7.43. The molecule has 0 amide bonds. The molecule has 1 aromatic carbocycles. The molecular formula is C20H29ClN6O. The first-order valence-corrected chi connectivity index (χ1v) is 10.2. The van der Waals surface area contributed by atoms with Gasteiger partial charge in [0.15, 0.2) is 5.96 Å². The summed E-state index contributed by atoms with van der Waals surface area (Å²) in [6.07, 6.45) is 5.77. The van der Waals surface area contributed by atoms with Crippen molar-refractivity contribution in [2.24, 2.45) is 4.99 Å². The van der Waals surface area contributed by atoms with Gasteiger partial charge in [-0.15, -0.1) is 0 Å². The lowest BCUT2D eigenvalue weighted by Crippen LogP contribution is -2.44. The minimum Gasteiger partial charge on any atom is -0.495 e. The number of benzene rings is 1. The molecule has 0 aliphatic carbocycles.